The van der Waals surface area contributed by atoms with Crippen LogP contribution in [0.25, 0.3) is 0 Å². The third-order valence-corrected chi connectivity index (χ3v) is 7.24. The first-order valence-corrected chi connectivity index (χ1v) is 13.9. The second kappa shape index (κ2) is 11.3. The number of nitrogens with zero attached hydrogens (tertiary/aromatic N) is 2. The van der Waals surface area contributed by atoms with Gasteiger partial charge >= 0.3 is 0 Å². The Labute approximate surface area is 216 Å². The summed E-state index contributed by atoms with van der Waals surface area (Å²) in [6.07, 6.45) is 0.660. The standard InChI is InChI=1S/C24H31Cl2N3O5S/c1-15-11-29(16(2)14-30)24(31)18-6-5-7-21(27-35(4,32)33)23(18)34-22(15)13-28(3)12-17-8-9-19(25)20(26)10-17/h5-10,15-16,22,27,30H,11-14H2,1-4H3/t15-,16+,22+/m1/s1. The van der Waals surface area contributed by atoms with Gasteiger partial charge < -0.3 is 14.7 Å². The van der Waals surface area contributed by atoms with Crippen LogP contribution in [0.2, 0.25) is 10.0 Å². The van der Waals surface area contributed by atoms with Gasteiger partial charge in [-0.2, -0.15) is 0 Å². The molecule has 0 aromatic heterocycles. The molecular formula is C24H31Cl2N3O5S. The fourth-order valence-electron chi connectivity index (χ4n) is 4.06. The average Bonchev–Trinajstić information content (AvgIpc) is 2.77. The maximum absolute atomic E-state index is 13.4. The Kier molecular flexibility index (Phi) is 8.93. The fourth-order valence-corrected chi connectivity index (χ4v) is 4.94. The number of carbonyl (C=O) groups is 1. The third-order valence-electron chi connectivity index (χ3n) is 5.91. The molecule has 0 unspecified atom stereocenters. The zero-order chi connectivity index (χ0) is 25.9. The molecule has 2 N–H and O–H groups in total. The Morgan fingerprint density at radius 3 is 2.60 bits per heavy atom. The van der Waals surface area contributed by atoms with Crippen LogP contribution in [0.1, 0.15) is 29.8 Å². The number of amides is 1. The van der Waals surface area contributed by atoms with Crippen molar-refractivity contribution < 1.29 is 23.1 Å². The van der Waals surface area contributed by atoms with Gasteiger partial charge in [-0.25, -0.2) is 8.42 Å². The highest BCUT2D eigenvalue weighted by Crippen LogP contribution is 2.35. The van der Waals surface area contributed by atoms with Crippen molar-refractivity contribution >= 4 is 44.8 Å². The van der Waals surface area contributed by atoms with Crippen LogP contribution >= 0.6 is 23.2 Å². The van der Waals surface area contributed by atoms with Gasteiger partial charge in [-0.15, -0.1) is 0 Å². The first kappa shape index (κ1) is 27.5. The van der Waals surface area contributed by atoms with E-state index in [2.05, 4.69) is 9.62 Å². The van der Waals surface area contributed by atoms with E-state index in [1.165, 1.54) is 0 Å². The van der Waals surface area contributed by atoms with Crippen molar-refractivity contribution in [2.75, 3.05) is 37.7 Å². The molecule has 3 atom stereocenters. The van der Waals surface area contributed by atoms with E-state index >= 15 is 0 Å². The number of ether oxygens (including phenoxy) is 1. The zero-order valence-electron chi connectivity index (χ0n) is 20.2. The summed E-state index contributed by atoms with van der Waals surface area (Å²) >= 11 is 12.2. The second-order valence-corrected chi connectivity index (χ2v) is 11.7. The van der Waals surface area contributed by atoms with Gasteiger partial charge in [0.05, 0.1) is 40.2 Å². The molecule has 0 saturated carbocycles. The van der Waals surface area contributed by atoms with Gasteiger partial charge in [0.2, 0.25) is 10.0 Å². The number of aliphatic hydroxyl groups is 1. The quantitative estimate of drug-likeness (QED) is 0.526. The molecule has 1 heterocycles. The Morgan fingerprint density at radius 1 is 1.26 bits per heavy atom. The number of benzene rings is 2. The number of rotatable bonds is 8. The van der Waals surface area contributed by atoms with E-state index in [0.29, 0.717) is 29.7 Å². The number of sulfonamides is 1. The molecule has 192 valence electrons. The van der Waals surface area contributed by atoms with Gasteiger partial charge in [0.15, 0.2) is 5.75 Å². The van der Waals surface area contributed by atoms with Crippen LogP contribution in [-0.2, 0) is 16.6 Å². The number of aliphatic hydroxyl groups excluding tert-OH is 1. The maximum Gasteiger partial charge on any atom is 0.258 e. The minimum absolute atomic E-state index is 0.122. The van der Waals surface area contributed by atoms with Crippen LogP contribution < -0.4 is 9.46 Å². The second-order valence-electron chi connectivity index (χ2n) is 9.12. The lowest BCUT2D eigenvalue weighted by molar-refractivity contribution is 0.0344. The molecule has 3 rings (SSSR count). The number of nitrogens with one attached hydrogen (secondary N) is 1. The highest BCUT2D eigenvalue weighted by atomic mass is 35.5. The predicted octanol–water partition coefficient (Wildman–Crippen LogP) is 3.72. The summed E-state index contributed by atoms with van der Waals surface area (Å²) in [5.74, 6) is -0.269. The van der Waals surface area contributed by atoms with Crippen molar-refractivity contribution in [2.24, 2.45) is 5.92 Å². The van der Waals surface area contributed by atoms with Crippen molar-refractivity contribution in [1.29, 1.82) is 0 Å². The molecule has 1 aliphatic rings. The van der Waals surface area contributed by atoms with Crippen LogP contribution in [0.4, 0.5) is 5.69 Å². The van der Waals surface area contributed by atoms with E-state index in [-0.39, 0.29) is 41.5 Å². The number of anilines is 1. The number of para-hydroxylation sites is 1. The molecular weight excluding hydrogens is 513 g/mol. The molecule has 0 radical (unpaired) electrons. The van der Waals surface area contributed by atoms with Gasteiger partial charge in [-0.3, -0.25) is 14.4 Å². The van der Waals surface area contributed by atoms with Crippen LogP contribution in [-0.4, -0.2) is 74.4 Å². The van der Waals surface area contributed by atoms with Crippen molar-refractivity contribution in [2.45, 2.75) is 32.5 Å². The Morgan fingerprint density at radius 2 is 1.97 bits per heavy atom. The number of halogens is 2. The number of carbonyl (C=O) groups excluding carboxylic acids is 1. The average molecular weight is 545 g/mol. The molecule has 11 heteroatoms. The van der Waals surface area contributed by atoms with Crippen LogP contribution in [0.3, 0.4) is 0 Å². The fraction of sp³-hybridized carbons (Fsp3) is 0.458. The molecule has 8 nitrogen and oxygen atoms in total. The van der Waals surface area contributed by atoms with Gasteiger partial charge in [0.1, 0.15) is 6.10 Å². The largest absolute Gasteiger partial charge is 0.486 e. The lowest BCUT2D eigenvalue weighted by atomic mass is 9.99. The minimum Gasteiger partial charge on any atom is -0.486 e. The number of hydrogen-bond donors (Lipinski definition) is 2. The van der Waals surface area contributed by atoms with Crippen molar-refractivity contribution in [3.8, 4) is 5.75 Å². The number of likely N-dealkylation sites (N-methyl/N-ethyl adjacent to an activating group) is 1. The highest BCUT2D eigenvalue weighted by Gasteiger charge is 2.34. The van der Waals surface area contributed by atoms with E-state index < -0.39 is 16.1 Å². The SMILES string of the molecule is C[C@@H]1CN([C@@H](C)CO)C(=O)c2cccc(NS(C)(=O)=O)c2O[C@H]1CN(C)Cc1ccc(Cl)c(Cl)c1. The molecule has 0 spiro atoms. The summed E-state index contributed by atoms with van der Waals surface area (Å²) in [5, 5.41) is 10.7. The molecule has 0 saturated heterocycles. The molecule has 1 aliphatic heterocycles. The lowest BCUT2D eigenvalue weighted by Crippen LogP contribution is -2.49. The van der Waals surface area contributed by atoms with Gasteiger partial charge in [-0.1, -0.05) is 42.3 Å². The minimum atomic E-state index is -3.61. The van der Waals surface area contributed by atoms with Crippen LogP contribution in [0.5, 0.6) is 5.75 Å². The smallest absolute Gasteiger partial charge is 0.258 e. The van der Waals surface area contributed by atoms with E-state index in [0.717, 1.165) is 11.8 Å². The normalized spacial score (nSPS) is 19.5. The van der Waals surface area contributed by atoms with E-state index in [9.17, 15) is 18.3 Å². The van der Waals surface area contributed by atoms with E-state index in [4.69, 9.17) is 27.9 Å². The Bertz CT molecular complexity index is 1180. The van der Waals surface area contributed by atoms with Crippen molar-refractivity contribution in [3.63, 3.8) is 0 Å². The summed E-state index contributed by atoms with van der Waals surface area (Å²) < 4.78 is 32.8. The van der Waals surface area contributed by atoms with E-state index in [1.807, 2.05) is 26.1 Å². The summed E-state index contributed by atoms with van der Waals surface area (Å²) in [5.41, 5.74) is 1.41. The summed E-state index contributed by atoms with van der Waals surface area (Å²) in [6.45, 7) is 4.99. The third kappa shape index (κ3) is 7.01. The summed E-state index contributed by atoms with van der Waals surface area (Å²) in [6, 6.07) is 9.82. The molecule has 35 heavy (non-hydrogen) atoms. The molecule has 1 amide bonds. The van der Waals surface area contributed by atoms with Crippen molar-refractivity contribution in [3.05, 3.63) is 57.6 Å². The first-order chi connectivity index (χ1) is 16.4. The first-order valence-electron chi connectivity index (χ1n) is 11.2. The van der Waals surface area contributed by atoms with Crippen LogP contribution in [0.15, 0.2) is 36.4 Å². The van der Waals surface area contributed by atoms with Gasteiger partial charge in [0.25, 0.3) is 5.91 Å². The Balaban J connectivity index is 1.96. The topological polar surface area (TPSA) is 99.2 Å². The zero-order valence-corrected chi connectivity index (χ0v) is 22.5. The van der Waals surface area contributed by atoms with E-state index in [1.54, 1.807) is 36.1 Å². The molecule has 2 aromatic carbocycles. The van der Waals surface area contributed by atoms with Crippen LogP contribution in [0, 0.1) is 5.92 Å². The summed E-state index contributed by atoms with van der Waals surface area (Å²) in [4.78, 5) is 17.1. The Hall–Kier alpha value is -2.04. The monoisotopic (exact) mass is 543 g/mol. The van der Waals surface area contributed by atoms with Gasteiger partial charge in [-0.05, 0) is 43.8 Å². The predicted molar refractivity (Wildman–Crippen MR) is 139 cm³/mol. The van der Waals surface area contributed by atoms with Crippen molar-refractivity contribution in [1.82, 2.24) is 9.80 Å². The number of hydrogen-bond acceptors (Lipinski definition) is 6. The van der Waals surface area contributed by atoms with Gasteiger partial charge in [0, 0.05) is 25.6 Å². The maximum atomic E-state index is 13.4. The number of fused-ring (bicyclic) bond motifs is 1. The lowest BCUT2D eigenvalue weighted by Gasteiger charge is -2.38. The molecule has 2 aromatic rings. The summed E-state index contributed by atoms with van der Waals surface area (Å²) in [7, 11) is -1.67. The molecule has 0 fully saturated rings. The highest BCUT2D eigenvalue weighted by molar-refractivity contribution is 7.92. The molecule has 0 bridgehead atoms. The molecule has 0 aliphatic carbocycles.